The summed E-state index contributed by atoms with van der Waals surface area (Å²) in [4.78, 5) is 0. The van der Waals surface area contributed by atoms with Gasteiger partial charge in [-0.1, -0.05) is 12.2 Å². The molecule has 0 saturated carbocycles. The summed E-state index contributed by atoms with van der Waals surface area (Å²) in [5.74, 6) is 0.331. The van der Waals surface area contributed by atoms with Gasteiger partial charge in [0.15, 0.2) is 0 Å². The maximum absolute atomic E-state index is 11.2. The molecule has 1 aliphatic rings. The maximum Gasteiger partial charge on any atom is 0.312 e. The molecular formula is C9H7IO3S. The van der Waals surface area contributed by atoms with Gasteiger partial charge in [0.25, 0.3) is 0 Å². The van der Waals surface area contributed by atoms with Crippen LogP contribution in [0.4, 0.5) is 0 Å². The molecule has 0 atom stereocenters. The number of fused-ring (bicyclic) bond motifs is 1. The molecule has 1 aromatic carbocycles. The molecule has 5 heteroatoms. The van der Waals surface area contributed by atoms with Gasteiger partial charge in [-0.25, -0.2) is 0 Å². The molecule has 0 aromatic heterocycles. The average Bonchev–Trinajstić information content (AvgIpc) is 2.22. The fourth-order valence-corrected chi connectivity index (χ4v) is 2.53. The topological polar surface area (TPSA) is 43.4 Å². The predicted molar refractivity (Wildman–Crippen MR) is 62.6 cm³/mol. The van der Waals surface area contributed by atoms with Gasteiger partial charge in [-0.15, -0.1) is 0 Å². The van der Waals surface area contributed by atoms with Crippen LogP contribution in [-0.4, -0.2) is 14.2 Å². The van der Waals surface area contributed by atoms with E-state index in [0.29, 0.717) is 5.75 Å². The van der Waals surface area contributed by atoms with Crippen molar-refractivity contribution in [2.45, 2.75) is 0 Å². The van der Waals surface area contributed by atoms with Gasteiger partial charge in [-0.3, -0.25) is 0 Å². The molecule has 0 bridgehead atoms. The van der Waals surface area contributed by atoms with Crippen molar-refractivity contribution in [1.29, 1.82) is 0 Å². The van der Waals surface area contributed by atoms with Crippen molar-refractivity contribution in [3.8, 4) is 5.75 Å². The van der Waals surface area contributed by atoms with Crippen LogP contribution in [0.25, 0.3) is 6.08 Å². The van der Waals surface area contributed by atoms with Crippen molar-refractivity contribution < 1.29 is 12.6 Å². The highest BCUT2D eigenvalue weighted by molar-refractivity contribution is 14.1. The zero-order valence-electron chi connectivity index (χ0n) is 7.10. The van der Waals surface area contributed by atoms with Crippen LogP contribution in [0.1, 0.15) is 5.56 Å². The summed E-state index contributed by atoms with van der Waals surface area (Å²) in [5.41, 5.74) is 0.804. The summed E-state index contributed by atoms with van der Waals surface area (Å²) in [5, 5.41) is 0. The highest BCUT2D eigenvalue weighted by Crippen LogP contribution is 2.26. The van der Waals surface area contributed by atoms with E-state index in [1.807, 2.05) is 12.1 Å². The van der Waals surface area contributed by atoms with Crippen molar-refractivity contribution in [2.75, 3.05) is 5.75 Å². The largest absolute Gasteiger partial charge is 0.382 e. The van der Waals surface area contributed by atoms with Gasteiger partial charge in [0.05, 0.1) is 0 Å². The first-order valence-electron chi connectivity index (χ1n) is 3.95. The minimum Gasteiger partial charge on any atom is -0.382 e. The summed E-state index contributed by atoms with van der Waals surface area (Å²) in [7, 11) is -3.43. The summed E-state index contributed by atoms with van der Waals surface area (Å²) >= 11 is 2.17. The molecule has 2 rings (SSSR count). The van der Waals surface area contributed by atoms with Gasteiger partial charge in [-0.2, -0.15) is 8.42 Å². The molecule has 0 N–H and O–H groups in total. The molecule has 1 aliphatic heterocycles. The Morgan fingerprint density at radius 2 is 2.14 bits per heavy atom. The van der Waals surface area contributed by atoms with Gasteiger partial charge >= 0.3 is 10.1 Å². The SMILES string of the molecule is O=S1(=O)CC=Cc2cc(I)ccc2O1. The van der Waals surface area contributed by atoms with E-state index >= 15 is 0 Å². The number of halogens is 1. The van der Waals surface area contributed by atoms with Crippen molar-refractivity contribution in [2.24, 2.45) is 0 Å². The third-order valence-corrected chi connectivity index (χ3v) is 3.49. The van der Waals surface area contributed by atoms with Crippen molar-refractivity contribution in [1.82, 2.24) is 0 Å². The number of benzene rings is 1. The Morgan fingerprint density at radius 1 is 1.36 bits per heavy atom. The zero-order chi connectivity index (χ0) is 10.2. The molecule has 3 nitrogen and oxygen atoms in total. The molecular weight excluding hydrogens is 315 g/mol. The highest BCUT2D eigenvalue weighted by Gasteiger charge is 2.16. The van der Waals surface area contributed by atoms with E-state index in [4.69, 9.17) is 4.18 Å². The Hall–Kier alpha value is -0.560. The van der Waals surface area contributed by atoms with Crippen LogP contribution in [-0.2, 0) is 10.1 Å². The monoisotopic (exact) mass is 322 g/mol. The molecule has 1 aromatic rings. The second-order valence-electron chi connectivity index (χ2n) is 2.89. The standard InChI is InChI=1S/C9H7IO3S/c10-8-3-4-9-7(6-8)2-1-5-14(11,12)13-9/h1-4,6H,5H2. The molecule has 1 heterocycles. The van der Waals surface area contributed by atoms with Crippen molar-refractivity contribution in [3.63, 3.8) is 0 Å². The molecule has 0 unspecified atom stereocenters. The number of rotatable bonds is 0. The first kappa shape index (κ1) is 9.97. The molecule has 0 saturated heterocycles. The van der Waals surface area contributed by atoms with Gasteiger partial charge in [-0.05, 0) is 40.8 Å². The molecule has 0 amide bonds. The highest BCUT2D eigenvalue weighted by atomic mass is 127. The molecule has 0 radical (unpaired) electrons. The maximum atomic E-state index is 11.2. The van der Waals surface area contributed by atoms with Gasteiger partial charge in [0.1, 0.15) is 11.5 Å². The molecule has 74 valence electrons. The van der Waals surface area contributed by atoms with E-state index in [2.05, 4.69) is 22.6 Å². The Labute approximate surface area is 96.0 Å². The smallest absolute Gasteiger partial charge is 0.312 e. The van der Waals surface area contributed by atoms with Crippen LogP contribution in [0.5, 0.6) is 5.75 Å². The van der Waals surface area contributed by atoms with Gasteiger partial charge < -0.3 is 4.18 Å². The van der Waals surface area contributed by atoms with E-state index in [9.17, 15) is 8.42 Å². The molecule has 0 spiro atoms. The Bertz CT molecular complexity index is 491. The van der Waals surface area contributed by atoms with Crippen LogP contribution < -0.4 is 4.18 Å². The van der Waals surface area contributed by atoms with Crippen molar-refractivity contribution >= 4 is 38.8 Å². The number of hydrogen-bond donors (Lipinski definition) is 0. The van der Waals surface area contributed by atoms with Crippen LogP contribution in [0.3, 0.4) is 0 Å². The second-order valence-corrected chi connectivity index (χ2v) is 5.75. The second kappa shape index (κ2) is 3.54. The van der Waals surface area contributed by atoms with E-state index in [1.54, 1.807) is 18.2 Å². The zero-order valence-corrected chi connectivity index (χ0v) is 10.1. The van der Waals surface area contributed by atoms with Gasteiger partial charge in [0, 0.05) is 9.13 Å². The number of hydrogen-bond acceptors (Lipinski definition) is 3. The average molecular weight is 322 g/mol. The Morgan fingerprint density at radius 3 is 2.93 bits per heavy atom. The van der Waals surface area contributed by atoms with Crippen LogP contribution >= 0.6 is 22.6 Å². The van der Waals surface area contributed by atoms with Crippen LogP contribution in [0, 0.1) is 3.57 Å². The molecule has 14 heavy (non-hydrogen) atoms. The summed E-state index contributed by atoms with van der Waals surface area (Å²) in [6, 6.07) is 5.37. The third kappa shape index (κ3) is 2.09. The quantitative estimate of drug-likeness (QED) is 0.542. The van der Waals surface area contributed by atoms with E-state index in [1.165, 1.54) is 0 Å². The van der Waals surface area contributed by atoms with E-state index in [-0.39, 0.29) is 5.75 Å². The minimum absolute atomic E-state index is 0.0712. The summed E-state index contributed by atoms with van der Waals surface area (Å²) < 4.78 is 28.4. The minimum atomic E-state index is -3.43. The third-order valence-electron chi connectivity index (χ3n) is 1.79. The fraction of sp³-hybridized carbons (Fsp3) is 0.111. The normalized spacial score (nSPS) is 18.1. The van der Waals surface area contributed by atoms with Gasteiger partial charge in [0.2, 0.25) is 0 Å². The van der Waals surface area contributed by atoms with Crippen LogP contribution in [0.15, 0.2) is 24.3 Å². The fourth-order valence-electron chi connectivity index (χ4n) is 1.19. The first-order chi connectivity index (χ1) is 6.57. The first-order valence-corrected chi connectivity index (χ1v) is 6.61. The van der Waals surface area contributed by atoms with Crippen molar-refractivity contribution in [3.05, 3.63) is 33.4 Å². The Kier molecular flexibility index (Phi) is 2.52. The summed E-state index contributed by atoms with van der Waals surface area (Å²) in [6.45, 7) is 0. The Balaban J connectivity index is 2.56. The lowest BCUT2D eigenvalue weighted by molar-refractivity contribution is 0.490. The van der Waals surface area contributed by atoms with E-state index < -0.39 is 10.1 Å². The predicted octanol–water partition coefficient (Wildman–Crippen LogP) is 2.03. The lowest BCUT2D eigenvalue weighted by Crippen LogP contribution is -2.11. The summed E-state index contributed by atoms with van der Waals surface area (Å²) in [6.07, 6.45) is 3.36. The van der Waals surface area contributed by atoms with Crippen LogP contribution in [0.2, 0.25) is 0 Å². The molecule has 0 aliphatic carbocycles. The van der Waals surface area contributed by atoms with E-state index in [0.717, 1.165) is 9.13 Å². The lowest BCUT2D eigenvalue weighted by atomic mass is 10.2. The lowest BCUT2D eigenvalue weighted by Gasteiger charge is -2.05. The molecule has 0 fully saturated rings.